The van der Waals surface area contributed by atoms with Crippen molar-refractivity contribution in [3.05, 3.63) is 40.6 Å². The Morgan fingerprint density at radius 2 is 0.843 bits per heavy atom. The van der Waals surface area contributed by atoms with Crippen molar-refractivity contribution in [2.45, 2.75) is 68.3 Å². The molecule has 10 N–H and O–H groups in total. The minimum atomic E-state index is -6.39. The average Bonchev–Trinajstić information content (AvgIpc) is 3.43. The number of benzene rings is 2. The second-order valence-electron chi connectivity index (χ2n) is 15.2. The van der Waals surface area contributed by atoms with Gasteiger partial charge in [-0.05, 0) is 25.1 Å². The van der Waals surface area contributed by atoms with Crippen molar-refractivity contribution >= 4 is 115 Å². The minimum Gasteiger partial charge on any atom is -0.454 e. The Bertz CT molecular complexity index is 4230. The van der Waals surface area contributed by atoms with Crippen molar-refractivity contribution < 1.29 is 195 Å². The van der Waals surface area contributed by atoms with Gasteiger partial charge in [-0.15, -0.1) is 0 Å². The van der Waals surface area contributed by atoms with Gasteiger partial charge in [0.15, 0.2) is 47.3 Å². The second kappa shape index (κ2) is 24.3. The van der Waals surface area contributed by atoms with Crippen molar-refractivity contribution in [1.29, 1.82) is 0 Å². The molecule has 46 nitrogen and oxygen atoms in total. The second-order valence-corrected chi connectivity index (χ2v) is 25.6. The zero-order valence-corrected chi connectivity index (χ0v) is 46.8. The number of fused-ring (bicyclic) bond motifs is 1. The molecule has 0 saturated carbocycles. The quantitative estimate of drug-likeness (QED) is 0.0337. The standard InChI is InChI=1S/C27H30O46S10/c1-8-18(68-78(41,42)43)22(70-80(47,48)49)24(72-82(53,54)55)26(60-8)59-7-15-20(69-79(44,45)46)23(71-81(50,51)52)25(73-83(56,57)58)27(62-15)63-21-17(28)16-13(5-10(64-74(29,30)31)6-14(16)67-77(38,39)40)61-19(21)9-2-3-11(65-75(32,33)34)12(4-9)66-76(35,36)37/h2-6,8,15,18,20,22-27H,7H2,1H3,(H,29,30,31)(H,32,33,34)(H,35,36,37)(H,38,39,40)(H,41,42,43)(H,44,45,46)(H,47,48,49)(H,50,51,52)(H,53,54,55)(H,56,57,58)/t8-,15+,18-,20+,22+,23-,24+,25+,26-,27-/m1/s1. The monoisotopic (exact) mass is 1410 g/mol. The van der Waals surface area contributed by atoms with E-state index in [1.165, 1.54) is 0 Å². The Morgan fingerprint density at radius 1 is 0.434 bits per heavy atom. The molecule has 0 radical (unpaired) electrons. The van der Waals surface area contributed by atoms with Crippen LogP contribution in [0.4, 0.5) is 0 Å². The van der Waals surface area contributed by atoms with E-state index in [0.717, 1.165) is 0 Å². The number of hydrogen-bond donors (Lipinski definition) is 10. The van der Waals surface area contributed by atoms with Crippen LogP contribution in [0.3, 0.4) is 0 Å². The van der Waals surface area contributed by atoms with Gasteiger partial charge in [-0.25, -0.2) is 25.1 Å². The Kier molecular flexibility index (Phi) is 20.2. The van der Waals surface area contributed by atoms with Crippen molar-refractivity contribution in [2.75, 3.05) is 6.61 Å². The molecule has 5 rings (SSSR count). The maximum Gasteiger partial charge on any atom is 0.446 e. The lowest BCUT2D eigenvalue weighted by atomic mass is 9.98. The fourth-order valence-electron chi connectivity index (χ4n) is 6.94. The molecule has 3 aromatic rings. The van der Waals surface area contributed by atoms with Gasteiger partial charge in [0.25, 0.3) is 0 Å². The topological polar surface area (TPSA) is 703 Å². The summed E-state index contributed by atoms with van der Waals surface area (Å²) in [5.74, 6) is -9.61. The molecule has 0 bridgehead atoms. The lowest BCUT2D eigenvalue weighted by Gasteiger charge is -2.45. The Labute approximate surface area is 462 Å². The molecule has 2 saturated heterocycles. The van der Waals surface area contributed by atoms with Gasteiger partial charge in [0.05, 0.1) is 12.7 Å². The van der Waals surface area contributed by atoms with Crippen molar-refractivity contribution in [2.24, 2.45) is 0 Å². The maximum absolute atomic E-state index is 14.8. The van der Waals surface area contributed by atoms with Crippen LogP contribution in [-0.2, 0) is 143 Å². The zero-order valence-electron chi connectivity index (χ0n) is 38.6. The van der Waals surface area contributed by atoms with Gasteiger partial charge in [0.1, 0.15) is 41.5 Å². The van der Waals surface area contributed by atoms with Crippen molar-refractivity contribution in [3.63, 3.8) is 0 Å². The predicted molar refractivity (Wildman–Crippen MR) is 245 cm³/mol. The molecule has 0 aliphatic carbocycles. The van der Waals surface area contributed by atoms with E-state index in [-0.39, 0.29) is 24.3 Å². The predicted octanol–water partition coefficient (Wildman–Crippen LogP) is -4.82. The van der Waals surface area contributed by atoms with Crippen LogP contribution in [0.15, 0.2) is 39.5 Å². The molecule has 2 aromatic carbocycles. The van der Waals surface area contributed by atoms with Gasteiger partial charge < -0.3 is 40.1 Å². The smallest absolute Gasteiger partial charge is 0.446 e. The maximum atomic E-state index is 14.8. The number of rotatable bonds is 26. The first-order valence-corrected chi connectivity index (χ1v) is 33.3. The molecule has 0 unspecified atom stereocenters. The summed E-state index contributed by atoms with van der Waals surface area (Å²) in [4.78, 5) is 14.8. The van der Waals surface area contributed by atoms with Crippen molar-refractivity contribution in [1.82, 2.24) is 0 Å². The first kappa shape index (κ1) is 69.2. The third-order valence-corrected chi connectivity index (χ3v) is 13.6. The molecule has 2 aliphatic rings. The van der Waals surface area contributed by atoms with E-state index in [9.17, 15) is 135 Å². The Hall–Kier alpha value is -4.61. The van der Waals surface area contributed by atoms with E-state index in [0.29, 0.717) is 13.0 Å². The number of hydrogen-bond acceptors (Lipinski definition) is 36. The molecule has 0 spiro atoms. The zero-order chi connectivity index (χ0) is 63.4. The highest BCUT2D eigenvalue weighted by Crippen LogP contribution is 2.43. The largest absolute Gasteiger partial charge is 0.454 e. The summed E-state index contributed by atoms with van der Waals surface area (Å²) in [6.07, 6.45) is -31.1. The summed E-state index contributed by atoms with van der Waals surface area (Å²) in [5.41, 5.74) is -4.68. The molecule has 1 aromatic heterocycles. The summed E-state index contributed by atoms with van der Waals surface area (Å²) >= 11 is 0. The van der Waals surface area contributed by atoms with Crippen LogP contribution < -0.4 is 26.9 Å². The van der Waals surface area contributed by atoms with Gasteiger partial charge >= 0.3 is 104 Å². The molecular formula is C27H30O46S10. The first-order chi connectivity index (χ1) is 37.1. The van der Waals surface area contributed by atoms with E-state index in [4.69, 9.17) is 23.4 Å². The highest BCUT2D eigenvalue weighted by Gasteiger charge is 2.57. The van der Waals surface area contributed by atoms with Crippen molar-refractivity contribution in [3.8, 4) is 40.1 Å². The molecule has 2 aliphatic heterocycles. The molecule has 474 valence electrons. The molecule has 10 atom stereocenters. The molecule has 2 fully saturated rings. The van der Waals surface area contributed by atoms with Gasteiger partial charge in [-0.3, -0.25) is 50.3 Å². The van der Waals surface area contributed by atoms with Crippen LogP contribution in [-0.4, -0.2) is 198 Å². The lowest BCUT2D eigenvalue weighted by Crippen LogP contribution is -2.65. The van der Waals surface area contributed by atoms with Crippen LogP contribution in [0, 0.1) is 0 Å². The SMILES string of the molecule is C[C@H]1O[C@@H](OC[C@@H]2O[C@H](Oc3c(-c4ccc(OS(=O)(=O)O)c(OS(=O)(=O)O)c4)oc4cc(OS(=O)(=O)O)cc(OS(=O)(=O)O)c4c3=O)[C@@H](OS(=O)(=O)O)[C@H](OS(=O)(=O)O)[C@H]2OS(=O)(=O)O)[C@@H](OS(=O)(=O)O)[C@@H](OS(=O)(=O)O)[C@@H]1OS(=O)(=O)O. The third kappa shape index (κ3) is 21.4. The summed E-state index contributed by atoms with van der Waals surface area (Å²) in [6, 6.07) is 0.957. The van der Waals surface area contributed by atoms with E-state index >= 15 is 0 Å². The fraction of sp³-hybridized carbons (Fsp3) is 0.444. The third-order valence-electron chi connectivity index (χ3n) is 9.26. The van der Waals surface area contributed by atoms with Crippen LogP contribution in [0.5, 0.6) is 28.7 Å². The van der Waals surface area contributed by atoms with E-state index in [1.54, 1.807) is 0 Å². The molecule has 0 amide bonds. The number of ether oxygens (including phenoxy) is 4. The molecular weight excluding hydrogens is 1380 g/mol. The highest BCUT2D eigenvalue weighted by atomic mass is 32.3. The van der Waals surface area contributed by atoms with Gasteiger partial charge in [0, 0.05) is 17.7 Å². The highest BCUT2D eigenvalue weighted by molar-refractivity contribution is 7.83. The molecule has 3 heterocycles. The van der Waals surface area contributed by atoms with Crippen LogP contribution in [0.25, 0.3) is 22.3 Å². The van der Waals surface area contributed by atoms with Crippen LogP contribution in [0.1, 0.15) is 6.92 Å². The summed E-state index contributed by atoms with van der Waals surface area (Å²) < 4.78 is 405. The molecule has 83 heavy (non-hydrogen) atoms. The minimum absolute atomic E-state index is 0.0293. The molecule has 56 heteroatoms. The summed E-state index contributed by atoms with van der Waals surface area (Å²) in [7, 11) is -60.4. The Balaban J connectivity index is 1.88. The van der Waals surface area contributed by atoms with Crippen LogP contribution in [0.2, 0.25) is 0 Å². The average molecular weight is 1410 g/mol. The lowest BCUT2D eigenvalue weighted by molar-refractivity contribution is -0.306. The van der Waals surface area contributed by atoms with Gasteiger partial charge in [-0.1, -0.05) is 0 Å². The fourth-order valence-corrected chi connectivity index (χ4v) is 11.4. The van der Waals surface area contributed by atoms with E-state index < -0.39 is 228 Å². The summed E-state index contributed by atoms with van der Waals surface area (Å²) in [6.45, 7) is -1.33. The summed E-state index contributed by atoms with van der Waals surface area (Å²) in [5, 5.41) is -1.54. The van der Waals surface area contributed by atoms with Gasteiger partial charge in [0.2, 0.25) is 17.5 Å². The van der Waals surface area contributed by atoms with Gasteiger partial charge in [-0.2, -0.15) is 84.2 Å². The first-order valence-electron chi connectivity index (χ1n) is 19.6. The van der Waals surface area contributed by atoms with Crippen LogP contribution >= 0.6 is 0 Å². The van der Waals surface area contributed by atoms with E-state index in [2.05, 4.69) is 41.8 Å². The Morgan fingerprint density at radius 3 is 1.31 bits per heavy atom. The normalized spacial score (nSPS) is 24.7. The van der Waals surface area contributed by atoms with E-state index in [1.807, 2.05) is 0 Å².